The molecule has 1 aliphatic rings. The van der Waals surface area contributed by atoms with Crippen LogP contribution in [0.3, 0.4) is 0 Å². The van der Waals surface area contributed by atoms with Crippen molar-refractivity contribution in [1.29, 1.82) is 0 Å². The van der Waals surface area contributed by atoms with Gasteiger partial charge in [0, 0.05) is 22.6 Å². The molecule has 1 aromatic heterocycles. The van der Waals surface area contributed by atoms with E-state index in [1.54, 1.807) is 0 Å². The van der Waals surface area contributed by atoms with Crippen LogP contribution >= 0.6 is 0 Å². The number of hydrogen-bond donors (Lipinski definition) is 0. The van der Waals surface area contributed by atoms with Crippen LogP contribution in [0.4, 0.5) is 0 Å². The van der Waals surface area contributed by atoms with E-state index >= 15 is 0 Å². The van der Waals surface area contributed by atoms with Crippen molar-refractivity contribution in [3.8, 4) is 34.2 Å². The van der Waals surface area contributed by atoms with E-state index in [1.165, 1.54) is 32.3 Å². The molecule has 8 aromatic carbocycles. The van der Waals surface area contributed by atoms with Crippen LogP contribution in [-0.4, -0.2) is 21.5 Å². The van der Waals surface area contributed by atoms with Crippen molar-refractivity contribution < 1.29 is 0 Å². The molecule has 0 saturated heterocycles. The summed E-state index contributed by atoms with van der Waals surface area (Å²) in [5.41, 5.74) is 4.15. The third-order valence-corrected chi connectivity index (χ3v) is 10.0. The monoisotopic (exact) mass is 638 g/mol. The van der Waals surface area contributed by atoms with Crippen LogP contribution in [-0.2, 0) is 0 Å². The molecule has 0 radical (unpaired) electrons. The standard InChI is InChI=1S/C46H30N4/c1-4-14-35-31(11-1)26-41(39-18-8-6-16-37(35)39)45-48-44(30-23-21-29(22-24-30)34-25-33-13-3-10-20-43(33)47-28-34)49-46(50-45)42-27-32-12-2-5-15-36(32)38-17-7-9-19-40(38)42/h1-27,34H,28H2. The van der Waals surface area contributed by atoms with E-state index in [9.17, 15) is 0 Å². The minimum atomic E-state index is 0.219. The fourth-order valence-electron chi connectivity index (χ4n) is 7.54. The Bertz CT molecular complexity index is 2770. The zero-order chi connectivity index (χ0) is 33.0. The topological polar surface area (TPSA) is 51.0 Å². The number of para-hydroxylation sites is 1. The fourth-order valence-corrected chi connectivity index (χ4v) is 7.54. The lowest BCUT2D eigenvalue weighted by Gasteiger charge is -2.16. The van der Waals surface area contributed by atoms with Gasteiger partial charge in [0.05, 0.1) is 11.9 Å². The van der Waals surface area contributed by atoms with Crippen LogP contribution in [0.5, 0.6) is 0 Å². The Morgan fingerprint density at radius 2 is 0.900 bits per heavy atom. The number of hydrogen-bond acceptors (Lipinski definition) is 4. The van der Waals surface area contributed by atoms with E-state index in [0.717, 1.165) is 50.1 Å². The number of rotatable bonds is 4. The Morgan fingerprint density at radius 3 is 1.50 bits per heavy atom. The first-order valence-electron chi connectivity index (χ1n) is 17.1. The first-order chi connectivity index (χ1) is 24.8. The summed E-state index contributed by atoms with van der Waals surface area (Å²) in [6.45, 7) is 0.737. The van der Waals surface area contributed by atoms with Gasteiger partial charge in [0.25, 0.3) is 0 Å². The molecule has 234 valence electrons. The number of benzene rings is 8. The molecular weight excluding hydrogens is 609 g/mol. The lowest BCUT2D eigenvalue weighted by molar-refractivity contribution is 0.840. The highest BCUT2D eigenvalue weighted by Gasteiger charge is 2.19. The van der Waals surface area contributed by atoms with Gasteiger partial charge in [0.15, 0.2) is 17.5 Å². The van der Waals surface area contributed by atoms with Gasteiger partial charge in [-0.25, -0.2) is 15.0 Å². The third kappa shape index (κ3) is 4.76. The van der Waals surface area contributed by atoms with Gasteiger partial charge in [0.2, 0.25) is 0 Å². The molecule has 1 unspecified atom stereocenters. The van der Waals surface area contributed by atoms with Gasteiger partial charge in [-0.05, 0) is 72.1 Å². The van der Waals surface area contributed by atoms with Crippen molar-refractivity contribution in [2.75, 3.05) is 6.54 Å². The predicted octanol–water partition coefficient (Wildman–Crippen LogP) is 9.68. The SMILES string of the molecule is C1=c2ccccc2=NCC1c1ccc(-c2nc(-c3cc4ccccc4c4ccccc34)nc(-c3cc4ccccc4c4ccccc34)n2)cc1. The average molecular weight is 639 g/mol. The molecule has 4 nitrogen and oxygen atoms in total. The Hall–Kier alpha value is -6.52. The molecule has 4 heteroatoms. The van der Waals surface area contributed by atoms with Crippen LogP contribution in [0.25, 0.3) is 83.3 Å². The first kappa shape index (κ1) is 28.5. The smallest absolute Gasteiger partial charge is 0.164 e. The Morgan fingerprint density at radius 1 is 0.420 bits per heavy atom. The Kier molecular flexibility index (Phi) is 6.59. The molecule has 0 spiro atoms. The number of nitrogens with zero attached hydrogens (tertiary/aromatic N) is 4. The van der Waals surface area contributed by atoms with Crippen LogP contribution < -0.4 is 10.6 Å². The lowest BCUT2D eigenvalue weighted by atomic mass is 9.95. The molecule has 0 N–H and O–H groups in total. The summed E-state index contributed by atoms with van der Waals surface area (Å²) in [6.07, 6.45) is 2.33. The van der Waals surface area contributed by atoms with E-state index < -0.39 is 0 Å². The van der Waals surface area contributed by atoms with E-state index in [2.05, 4.69) is 158 Å². The summed E-state index contributed by atoms with van der Waals surface area (Å²) in [5.74, 6) is 2.18. The normalized spacial score (nSPS) is 14.0. The zero-order valence-corrected chi connectivity index (χ0v) is 27.2. The molecule has 10 rings (SSSR count). The number of fused-ring (bicyclic) bond motifs is 7. The highest BCUT2D eigenvalue weighted by molar-refractivity contribution is 6.14. The summed E-state index contributed by atoms with van der Waals surface area (Å²) in [5, 5.41) is 11.6. The second-order valence-electron chi connectivity index (χ2n) is 13.0. The van der Waals surface area contributed by atoms with Crippen molar-refractivity contribution in [3.05, 3.63) is 174 Å². The molecule has 0 amide bonds. The van der Waals surface area contributed by atoms with Gasteiger partial charge in [-0.2, -0.15) is 0 Å². The Balaban J connectivity index is 1.19. The summed E-state index contributed by atoms with van der Waals surface area (Å²) in [6, 6.07) is 55.6. The number of aromatic nitrogens is 3. The predicted molar refractivity (Wildman–Crippen MR) is 205 cm³/mol. The van der Waals surface area contributed by atoms with Crippen molar-refractivity contribution in [2.24, 2.45) is 4.99 Å². The summed E-state index contributed by atoms with van der Waals surface area (Å²) in [7, 11) is 0. The van der Waals surface area contributed by atoms with Crippen molar-refractivity contribution in [3.63, 3.8) is 0 Å². The van der Waals surface area contributed by atoms with Gasteiger partial charge in [-0.3, -0.25) is 4.99 Å². The summed E-state index contributed by atoms with van der Waals surface area (Å²) in [4.78, 5) is 20.6. The molecule has 2 heterocycles. The van der Waals surface area contributed by atoms with E-state index in [0.29, 0.717) is 17.5 Å². The van der Waals surface area contributed by atoms with Gasteiger partial charge in [-0.1, -0.05) is 146 Å². The van der Waals surface area contributed by atoms with Gasteiger partial charge < -0.3 is 0 Å². The van der Waals surface area contributed by atoms with Crippen molar-refractivity contribution in [2.45, 2.75) is 5.92 Å². The first-order valence-corrected chi connectivity index (χ1v) is 17.1. The van der Waals surface area contributed by atoms with Gasteiger partial charge in [-0.15, -0.1) is 0 Å². The molecular formula is C46H30N4. The molecule has 0 saturated carbocycles. The lowest BCUT2D eigenvalue weighted by Crippen LogP contribution is -2.30. The maximum absolute atomic E-state index is 5.29. The van der Waals surface area contributed by atoms with E-state index in [1.807, 2.05) is 6.07 Å². The maximum Gasteiger partial charge on any atom is 0.164 e. The molecule has 50 heavy (non-hydrogen) atoms. The quantitative estimate of drug-likeness (QED) is 0.180. The van der Waals surface area contributed by atoms with Crippen molar-refractivity contribution in [1.82, 2.24) is 15.0 Å². The largest absolute Gasteiger partial charge is 0.284 e. The van der Waals surface area contributed by atoms with Crippen molar-refractivity contribution >= 4 is 49.2 Å². The van der Waals surface area contributed by atoms with Crippen LogP contribution in [0.2, 0.25) is 0 Å². The second-order valence-corrected chi connectivity index (χ2v) is 13.0. The van der Waals surface area contributed by atoms with Crippen LogP contribution in [0, 0.1) is 0 Å². The molecule has 1 aliphatic heterocycles. The second kappa shape index (κ2) is 11.6. The summed E-state index contributed by atoms with van der Waals surface area (Å²) < 4.78 is 0. The highest BCUT2D eigenvalue weighted by atomic mass is 15.0. The minimum Gasteiger partial charge on any atom is -0.284 e. The molecule has 0 aliphatic carbocycles. The van der Waals surface area contributed by atoms with E-state index in [-0.39, 0.29) is 5.92 Å². The van der Waals surface area contributed by atoms with Crippen LogP contribution in [0.1, 0.15) is 11.5 Å². The van der Waals surface area contributed by atoms with E-state index in [4.69, 9.17) is 19.9 Å². The fraction of sp³-hybridized carbons (Fsp3) is 0.0435. The average Bonchev–Trinajstić information content (AvgIpc) is 3.20. The Labute approximate surface area is 288 Å². The maximum atomic E-state index is 5.29. The summed E-state index contributed by atoms with van der Waals surface area (Å²) >= 11 is 0. The molecule has 1 atom stereocenters. The third-order valence-electron chi connectivity index (χ3n) is 10.0. The molecule has 0 bridgehead atoms. The highest BCUT2D eigenvalue weighted by Crippen LogP contribution is 2.38. The molecule has 0 fully saturated rings. The van der Waals surface area contributed by atoms with Gasteiger partial charge in [0.1, 0.15) is 0 Å². The molecule has 9 aromatic rings. The minimum absolute atomic E-state index is 0.219. The zero-order valence-electron chi connectivity index (χ0n) is 27.2. The van der Waals surface area contributed by atoms with Gasteiger partial charge >= 0.3 is 0 Å². The van der Waals surface area contributed by atoms with Crippen LogP contribution in [0.15, 0.2) is 163 Å².